The van der Waals surface area contributed by atoms with E-state index in [4.69, 9.17) is 11.6 Å². The van der Waals surface area contributed by atoms with Gasteiger partial charge in [0.25, 0.3) is 0 Å². The number of amides is 1. The van der Waals surface area contributed by atoms with Crippen LogP contribution in [0.5, 0.6) is 0 Å². The van der Waals surface area contributed by atoms with Crippen LogP contribution in [-0.4, -0.2) is 18.0 Å². The highest BCUT2D eigenvalue weighted by atomic mass is 35.5. The second-order valence-electron chi connectivity index (χ2n) is 6.93. The lowest BCUT2D eigenvalue weighted by molar-refractivity contribution is -0.122. The number of carbonyl (C=O) groups excluding carboxylic acids is 1. The van der Waals surface area contributed by atoms with E-state index in [1.165, 1.54) is 5.56 Å². The molecule has 0 spiro atoms. The Labute approximate surface area is 142 Å². The van der Waals surface area contributed by atoms with E-state index >= 15 is 0 Å². The van der Waals surface area contributed by atoms with E-state index in [-0.39, 0.29) is 18.0 Å². The molecule has 0 saturated heterocycles. The fourth-order valence-electron chi connectivity index (χ4n) is 3.33. The summed E-state index contributed by atoms with van der Waals surface area (Å²) in [4.78, 5) is 12.3. The minimum absolute atomic E-state index is 0.110. The van der Waals surface area contributed by atoms with Gasteiger partial charge in [-0.2, -0.15) is 5.26 Å². The smallest absolute Gasteiger partial charge is 0.235 e. The molecule has 0 unspecified atom stereocenters. The summed E-state index contributed by atoms with van der Waals surface area (Å²) in [7, 11) is 0. The molecule has 2 saturated carbocycles. The predicted octanol–water partition coefficient (Wildman–Crippen LogP) is 3.12. The summed E-state index contributed by atoms with van der Waals surface area (Å²) in [5, 5.41) is 16.4. The SMILES string of the molecule is C[C@](C#N)(NC(=O)CNC1(c2ccc(Cl)cc2)CCC1)C1CC1. The maximum atomic E-state index is 12.3. The van der Waals surface area contributed by atoms with E-state index in [1.54, 1.807) is 0 Å². The van der Waals surface area contributed by atoms with Crippen molar-refractivity contribution in [2.75, 3.05) is 6.54 Å². The van der Waals surface area contributed by atoms with Crippen LogP contribution in [0, 0.1) is 17.2 Å². The van der Waals surface area contributed by atoms with Crippen LogP contribution in [0.25, 0.3) is 0 Å². The summed E-state index contributed by atoms with van der Waals surface area (Å²) in [5.41, 5.74) is 0.308. The number of nitrogens with zero attached hydrogens (tertiary/aromatic N) is 1. The summed E-state index contributed by atoms with van der Waals surface area (Å²) < 4.78 is 0. The minimum Gasteiger partial charge on any atom is -0.337 e. The van der Waals surface area contributed by atoms with Gasteiger partial charge in [-0.3, -0.25) is 10.1 Å². The standard InChI is InChI=1S/C18H22ClN3O/c1-17(12-20,13-3-4-13)22-16(23)11-21-18(9-2-10-18)14-5-7-15(19)8-6-14/h5-8,13,21H,2-4,9-11H2,1H3,(H,22,23)/t17-/m1/s1. The number of hydrogen-bond acceptors (Lipinski definition) is 3. The molecule has 0 heterocycles. The number of carbonyl (C=O) groups is 1. The summed E-state index contributed by atoms with van der Waals surface area (Å²) in [6, 6.07) is 10.1. The van der Waals surface area contributed by atoms with Gasteiger partial charge in [-0.1, -0.05) is 23.7 Å². The third-order valence-corrected chi connectivity index (χ3v) is 5.47. The molecule has 23 heavy (non-hydrogen) atoms. The second-order valence-corrected chi connectivity index (χ2v) is 7.37. The summed E-state index contributed by atoms with van der Waals surface area (Å²) in [6.07, 6.45) is 5.22. The Morgan fingerprint density at radius 3 is 2.52 bits per heavy atom. The van der Waals surface area contributed by atoms with Crippen LogP contribution in [0.4, 0.5) is 0 Å². The Bertz CT molecular complexity index is 629. The Morgan fingerprint density at radius 1 is 1.39 bits per heavy atom. The van der Waals surface area contributed by atoms with E-state index in [9.17, 15) is 10.1 Å². The monoisotopic (exact) mass is 331 g/mol. The summed E-state index contributed by atoms with van der Waals surface area (Å²) in [6.45, 7) is 2.05. The fraction of sp³-hybridized carbons (Fsp3) is 0.556. The molecule has 1 atom stereocenters. The van der Waals surface area contributed by atoms with E-state index in [1.807, 2.05) is 31.2 Å². The van der Waals surface area contributed by atoms with Crippen molar-refractivity contribution < 1.29 is 4.79 Å². The zero-order valence-corrected chi connectivity index (χ0v) is 14.1. The normalized spacial score (nSPS) is 21.6. The highest BCUT2D eigenvalue weighted by Gasteiger charge is 2.43. The lowest BCUT2D eigenvalue weighted by Crippen LogP contribution is -2.54. The number of rotatable bonds is 6. The molecule has 5 heteroatoms. The Morgan fingerprint density at radius 2 is 2.04 bits per heavy atom. The van der Waals surface area contributed by atoms with Crippen molar-refractivity contribution in [2.24, 2.45) is 5.92 Å². The number of halogens is 1. The molecule has 0 bridgehead atoms. The molecule has 122 valence electrons. The number of hydrogen-bond donors (Lipinski definition) is 2. The molecule has 2 fully saturated rings. The molecular formula is C18H22ClN3O. The average molecular weight is 332 g/mol. The van der Waals surface area contributed by atoms with Crippen molar-refractivity contribution in [1.29, 1.82) is 5.26 Å². The molecule has 0 aliphatic heterocycles. The molecular weight excluding hydrogens is 310 g/mol. The number of nitrogens with one attached hydrogen (secondary N) is 2. The van der Waals surface area contributed by atoms with E-state index in [0.717, 1.165) is 37.1 Å². The molecule has 4 nitrogen and oxygen atoms in total. The first-order valence-electron chi connectivity index (χ1n) is 8.21. The van der Waals surface area contributed by atoms with Crippen LogP contribution < -0.4 is 10.6 Å². The fourth-order valence-corrected chi connectivity index (χ4v) is 3.46. The van der Waals surface area contributed by atoms with Gasteiger partial charge in [-0.05, 0) is 62.6 Å². The van der Waals surface area contributed by atoms with Crippen LogP contribution in [0.15, 0.2) is 24.3 Å². The molecule has 1 aromatic rings. The molecule has 2 N–H and O–H groups in total. The van der Waals surface area contributed by atoms with Gasteiger partial charge in [0.1, 0.15) is 5.54 Å². The van der Waals surface area contributed by atoms with Crippen LogP contribution >= 0.6 is 11.6 Å². The quantitative estimate of drug-likeness (QED) is 0.841. The molecule has 1 amide bonds. The van der Waals surface area contributed by atoms with Crippen molar-refractivity contribution >= 4 is 17.5 Å². The minimum atomic E-state index is -0.730. The Kier molecular flexibility index (Phi) is 4.35. The van der Waals surface area contributed by atoms with Gasteiger partial charge in [0.15, 0.2) is 0 Å². The van der Waals surface area contributed by atoms with Gasteiger partial charge >= 0.3 is 0 Å². The first-order valence-corrected chi connectivity index (χ1v) is 8.59. The van der Waals surface area contributed by atoms with Gasteiger partial charge in [0.2, 0.25) is 5.91 Å². The largest absolute Gasteiger partial charge is 0.337 e. The summed E-state index contributed by atoms with van der Waals surface area (Å²) >= 11 is 5.96. The van der Waals surface area contributed by atoms with Crippen molar-refractivity contribution in [1.82, 2.24) is 10.6 Å². The van der Waals surface area contributed by atoms with Gasteiger partial charge in [-0.15, -0.1) is 0 Å². The van der Waals surface area contributed by atoms with Crippen molar-refractivity contribution in [2.45, 2.75) is 50.1 Å². The van der Waals surface area contributed by atoms with Crippen molar-refractivity contribution in [3.63, 3.8) is 0 Å². The average Bonchev–Trinajstić information content (AvgIpc) is 3.33. The van der Waals surface area contributed by atoms with Crippen molar-refractivity contribution in [3.8, 4) is 6.07 Å². The third-order valence-electron chi connectivity index (χ3n) is 5.22. The molecule has 3 rings (SSSR count). The van der Waals surface area contributed by atoms with Gasteiger partial charge in [0.05, 0.1) is 12.6 Å². The maximum absolute atomic E-state index is 12.3. The van der Waals surface area contributed by atoms with E-state index in [2.05, 4.69) is 16.7 Å². The van der Waals surface area contributed by atoms with E-state index < -0.39 is 5.54 Å². The summed E-state index contributed by atoms with van der Waals surface area (Å²) in [5.74, 6) is 0.187. The van der Waals surface area contributed by atoms with Gasteiger partial charge < -0.3 is 5.32 Å². The Balaban J connectivity index is 1.61. The maximum Gasteiger partial charge on any atom is 0.235 e. The Hall–Kier alpha value is -1.57. The highest BCUT2D eigenvalue weighted by Crippen LogP contribution is 2.41. The first kappa shape index (κ1) is 16.3. The molecule has 2 aliphatic carbocycles. The van der Waals surface area contributed by atoms with Crippen LogP contribution in [0.2, 0.25) is 5.02 Å². The molecule has 2 aliphatic rings. The lowest BCUT2D eigenvalue weighted by atomic mass is 9.72. The second kappa shape index (κ2) is 6.14. The molecule has 0 radical (unpaired) electrons. The van der Waals surface area contributed by atoms with Crippen LogP contribution in [0.1, 0.15) is 44.6 Å². The highest BCUT2D eigenvalue weighted by molar-refractivity contribution is 6.30. The molecule has 0 aromatic heterocycles. The van der Waals surface area contributed by atoms with Gasteiger partial charge in [0, 0.05) is 10.6 Å². The number of benzene rings is 1. The third kappa shape index (κ3) is 3.36. The van der Waals surface area contributed by atoms with Gasteiger partial charge in [-0.25, -0.2) is 0 Å². The lowest BCUT2D eigenvalue weighted by Gasteiger charge is -2.43. The van der Waals surface area contributed by atoms with Crippen LogP contribution in [-0.2, 0) is 10.3 Å². The first-order chi connectivity index (χ1) is 11.0. The topological polar surface area (TPSA) is 64.9 Å². The van der Waals surface area contributed by atoms with Crippen LogP contribution in [0.3, 0.4) is 0 Å². The zero-order valence-electron chi connectivity index (χ0n) is 13.4. The molecule has 1 aromatic carbocycles. The zero-order chi connectivity index (χ0) is 16.5. The number of nitriles is 1. The van der Waals surface area contributed by atoms with Crippen molar-refractivity contribution in [3.05, 3.63) is 34.9 Å². The van der Waals surface area contributed by atoms with E-state index in [0.29, 0.717) is 5.92 Å². The predicted molar refractivity (Wildman–Crippen MR) is 89.9 cm³/mol.